The lowest BCUT2D eigenvalue weighted by molar-refractivity contribution is -0.147. The molecule has 0 aliphatic carbocycles. The Bertz CT molecular complexity index is 575. The number of hydrogen-bond donors (Lipinski definition) is 2. The van der Waals surface area contributed by atoms with Gasteiger partial charge in [-0.05, 0) is 25.0 Å². The summed E-state index contributed by atoms with van der Waals surface area (Å²) in [7, 11) is 0. The third-order valence-electron chi connectivity index (χ3n) is 3.26. The minimum absolute atomic E-state index is 0.0399. The summed E-state index contributed by atoms with van der Waals surface area (Å²) in [5.74, 6) is -2.34. The second-order valence-electron chi connectivity index (χ2n) is 5.42. The molecule has 126 valence electrons. The van der Waals surface area contributed by atoms with Crippen LogP contribution in [0.15, 0.2) is 24.3 Å². The van der Waals surface area contributed by atoms with Crippen molar-refractivity contribution in [3.05, 3.63) is 35.6 Å². The largest absolute Gasteiger partial charge is 0.454 e. The van der Waals surface area contributed by atoms with Crippen molar-refractivity contribution in [1.29, 1.82) is 0 Å². The average molecular weight is 324 g/mol. The maximum absolute atomic E-state index is 13.4. The lowest BCUT2D eigenvalue weighted by Crippen LogP contribution is -2.39. The zero-order valence-electron chi connectivity index (χ0n) is 13.4. The van der Waals surface area contributed by atoms with Crippen LogP contribution in [0.3, 0.4) is 0 Å². The summed E-state index contributed by atoms with van der Waals surface area (Å²) in [5.41, 5.74) is -0.163. The molecule has 0 aliphatic rings. The van der Waals surface area contributed by atoms with E-state index in [0.29, 0.717) is 0 Å². The van der Waals surface area contributed by atoms with Crippen LogP contribution in [0.25, 0.3) is 0 Å². The van der Waals surface area contributed by atoms with E-state index in [1.165, 1.54) is 18.2 Å². The van der Waals surface area contributed by atoms with Gasteiger partial charge in [0.2, 0.25) is 0 Å². The van der Waals surface area contributed by atoms with E-state index in [4.69, 9.17) is 4.74 Å². The third-order valence-corrected chi connectivity index (χ3v) is 3.26. The SMILES string of the molecule is CC(C)[C@H](C)NC(=O)COC(=O)CNC(=O)c1ccccc1F. The predicted molar refractivity (Wildman–Crippen MR) is 82.1 cm³/mol. The standard InChI is InChI=1S/C16H21FN2O4/c1-10(2)11(3)19-14(20)9-23-15(21)8-18-16(22)12-6-4-5-7-13(12)17/h4-7,10-11H,8-9H2,1-3H3,(H,18,22)(H,19,20)/t11-/m0/s1. The average Bonchev–Trinajstić information content (AvgIpc) is 2.50. The number of ether oxygens (including phenoxy) is 1. The first kappa shape index (κ1) is 18.6. The second-order valence-corrected chi connectivity index (χ2v) is 5.42. The van der Waals surface area contributed by atoms with Crippen LogP contribution < -0.4 is 10.6 Å². The van der Waals surface area contributed by atoms with E-state index in [0.717, 1.165) is 6.07 Å². The van der Waals surface area contributed by atoms with Gasteiger partial charge >= 0.3 is 5.97 Å². The van der Waals surface area contributed by atoms with E-state index >= 15 is 0 Å². The summed E-state index contributed by atoms with van der Waals surface area (Å²) >= 11 is 0. The van der Waals surface area contributed by atoms with Crippen molar-refractivity contribution in [3.63, 3.8) is 0 Å². The van der Waals surface area contributed by atoms with Crippen molar-refractivity contribution < 1.29 is 23.5 Å². The summed E-state index contributed by atoms with van der Waals surface area (Å²) in [6, 6.07) is 5.37. The number of carbonyl (C=O) groups excluding carboxylic acids is 3. The number of esters is 1. The van der Waals surface area contributed by atoms with Gasteiger partial charge in [-0.15, -0.1) is 0 Å². The normalized spacial score (nSPS) is 11.7. The fraction of sp³-hybridized carbons (Fsp3) is 0.438. The fourth-order valence-electron chi connectivity index (χ4n) is 1.55. The van der Waals surface area contributed by atoms with Crippen molar-refractivity contribution >= 4 is 17.8 Å². The Morgan fingerprint density at radius 3 is 2.43 bits per heavy atom. The predicted octanol–water partition coefficient (Wildman–Crippen LogP) is 1.26. The van der Waals surface area contributed by atoms with Gasteiger partial charge in [0.1, 0.15) is 12.4 Å². The molecule has 6 nitrogen and oxygen atoms in total. The molecule has 0 radical (unpaired) electrons. The Morgan fingerprint density at radius 2 is 1.83 bits per heavy atom. The smallest absolute Gasteiger partial charge is 0.325 e. The van der Waals surface area contributed by atoms with Gasteiger partial charge in [-0.2, -0.15) is 0 Å². The van der Waals surface area contributed by atoms with Gasteiger partial charge in [-0.25, -0.2) is 4.39 Å². The van der Waals surface area contributed by atoms with Crippen LogP contribution >= 0.6 is 0 Å². The number of benzene rings is 1. The summed E-state index contributed by atoms with van der Waals surface area (Å²) in [5, 5.41) is 4.92. The van der Waals surface area contributed by atoms with Gasteiger partial charge in [0.25, 0.3) is 11.8 Å². The molecule has 0 saturated carbocycles. The minimum Gasteiger partial charge on any atom is -0.454 e. The van der Waals surface area contributed by atoms with Crippen molar-refractivity contribution in [2.45, 2.75) is 26.8 Å². The number of rotatable bonds is 7. The zero-order chi connectivity index (χ0) is 17.4. The summed E-state index contributed by atoms with van der Waals surface area (Å²) in [6.07, 6.45) is 0. The van der Waals surface area contributed by atoms with Crippen LogP contribution in [0, 0.1) is 11.7 Å². The molecule has 7 heteroatoms. The second kappa shape index (κ2) is 8.87. The molecule has 1 rings (SSSR count). The molecule has 2 N–H and O–H groups in total. The summed E-state index contributed by atoms with van der Waals surface area (Å²) in [4.78, 5) is 34.7. The molecular weight excluding hydrogens is 303 g/mol. The minimum atomic E-state index is -0.776. The summed E-state index contributed by atoms with van der Waals surface area (Å²) < 4.78 is 18.1. The number of halogens is 1. The van der Waals surface area contributed by atoms with Crippen LogP contribution in [0.1, 0.15) is 31.1 Å². The summed E-state index contributed by atoms with van der Waals surface area (Å²) in [6.45, 7) is 4.88. The van der Waals surface area contributed by atoms with Crippen molar-refractivity contribution in [2.75, 3.05) is 13.2 Å². The van der Waals surface area contributed by atoms with E-state index in [1.54, 1.807) is 0 Å². The fourth-order valence-corrected chi connectivity index (χ4v) is 1.55. The lowest BCUT2D eigenvalue weighted by Gasteiger charge is -2.17. The maximum atomic E-state index is 13.4. The Balaban J connectivity index is 2.33. The Hall–Kier alpha value is -2.44. The van der Waals surface area contributed by atoms with Crippen molar-refractivity contribution in [1.82, 2.24) is 10.6 Å². The quantitative estimate of drug-likeness (QED) is 0.740. The molecule has 0 unspecified atom stereocenters. The molecule has 0 aliphatic heterocycles. The maximum Gasteiger partial charge on any atom is 0.325 e. The third kappa shape index (κ3) is 6.46. The van der Waals surface area contributed by atoms with E-state index < -0.39 is 36.8 Å². The highest BCUT2D eigenvalue weighted by atomic mass is 19.1. The molecule has 0 bridgehead atoms. The molecule has 1 atom stereocenters. The van der Waals surface area contributed by atoms with Gasteiger partial charge in [-0.1, -0.05) is 26.0 Å². The molecule has 0 fully saturated rings. The monoisotopic (exact) mass is 324 g/mol. The lowest BCUT2D eigenvalue weighted by atomic mass is 10.1. The highest BCUT2D eigenvalue weighted by molar-refractivity contribution is 5.96. The van der Waals surface area contributed by atoms with Crippen LogP contribution in [0.4, 0.5) is 4.39 Å². The first-order chi connectivity index (χ1) is 10.8. The van der Waals surface area contributed by atoms with E-state index in [1.807, 2.05) is 20.8 Å². The number of hydrogen-bond acceptors (Lipinski definition) is 4. The van der Waals surface area contributed by atoms with Crippen LogP contribution in [-0.2, 0) is 14.3 Å². The number of carbonyl (C=O) groups is 3. The number of nitrogens with one attached hydrogen (secondary N) is 2. The molecule has 2 amide bonds. The first-order valence-electron chi connectivity index (χ1n) is 7.29. The Kier molecular flexibility index (Phi) is 7.18. The number of amides is 2. The first-order valence-corrected chi connectivity index (χ1v) is 7.29. The van der Waals surface area contributed by atoms with Gasteiger partial charge in [0.05, 0.1) is 5.56 Å². The van der Waals surface area contributed by atoms with E-state index in [2.05, 4.69) is 10.6 Å². The Morgan fingerprint density at radius 1 is 1.17 bits per heavy atom. The topological polar surface area (TPSA) is 84.5 Å². The van der Waals surface area contributed by atoms with Crippen LogP contribution in [0.2, 0.25) is 0 Å². The van der Waals surface area contributed by atoms with Crippen LogP contribution in [-0.4, -0.2) is 37.0 Å². The molecule has 0 aromatic heterocycles. The molecule has 0 heterocycles. The zero-order valence-corrected chi connectivity index (χ0v) is 13.4. The molecule has 1 aromatic carbocycles. The highest BCUT2D eigenvalue weighted by Crippen LogP contribution is 2.05. The highest BCUT2D eigenvalue weighted by Gasteiger charge is 2.15. The van der Waals surface area contributed by atoms with E-state index in [-0.39, 0.29) is 17.5 Å². The molecule has 0 spiro atoms. The van der Waals surface area contributed by atoms with Crippen molar-refractivity contribution in [3.8, 4) is 0 Å². The van der Waals surface area contributed by atoms with Crippen LogP contribution in [0.5, 0.6) is 0 Å². The van der Waals surface area contributed by atoms with Gasteiger partial charge < -0.3 is 15.4 Å². The van der Waals surface area contributed by atoms with Gasteiger partial charge in [0.15, 0.2) is 6.61 Å². The molecule has 23 heavy (non-hydrogen) atoms. The molecule has 1 aromatic rings. The van der Waals surface area contributed by atoms with Gasteiger partial charge in [0, 0.05) is 6.04 Å². The van der Waals surface area contributed by atoms with E-state index in [9.17, 15) is 18.8 Å². The van der Waals surface area contributed by atoms with Crippen molar-refractivity contribution in [2.24, 2.45) is 5.92 Å². The Labute approximate surface area is 134 Å². The molecule has 0 saturated heterocycles. The van der Waals surface area contributed by atoms with Gasteiger partial charge in [-0.3, -0.25) is 14.4 Å². The molecular formula is C16H21FN2O4.